The van der Waals surface area contributed by atoms with Crippen molar-refractivity contribution in [3.05, 3.63) is 41.3 Å². The molecule has 1 aliphatic rings. The van der Waals surface area contributed by atoms with Gasteiger partial charge in [-0.25, -0.2) is 4.98 Å². The molecule has 22 heavy (non-hydrogen) atoms. The quantitative estimate of drug-likeness (QED) is 0.921. The molecule has 0 radical (unpaired) electrons. The van der Waals surface area contributed by atoms with Crippen LogP contribution >= 0.6 is 11.3 Å². The molecule has 2 aromatic rings. The Labute approximate surface area is 134 Å². The summed E-state index contributed by atoms with van der Waals surface area (Å²) in [4.78, 5) is 23.4. The first kappa shape index (κ1) is 15.1. The Hall–Kier alpha value is -1.79. The summed E-state index contributed by atoms with van der Waals surface area (Å²) in [5.41, 5.74) is 3.76. The van der Waals surface area contributed by atoms with Crippen molar-refractivity contribution in [2.75, 3.05) is 11.9 Å². The lowest BCUT2D eigenvalue weighted by molar-refractivity contribution is -0.120. The number of rotatable bonds is 5. The van der Waals surface area contributed by atoms with Gasteiger partial charge in [-0.05, 0) is 37.9 Å². The summed E-state index contributed by atoms with van der Waals surface area (Å²) in [5, 5.41) is 3.94. The van der Waals surface area contributed by atoms with Crippen LogP contribution in [0.3, 0.4) is 0 Å². The fraction of sp³-hybridized carbons (Fsp3) is 0.438. The van der Waals surface area contributed by atoms with E-state index in [0.717, 1.165) is 48.7 Å². The van der Waals surface area contributed by atoms with Gasteiger partial charge in [-0.15, -0.1) is 11.3 Å². The number of nitrogens with zero attached hydrogens (tertiary/aromatic N) is 3. The Balaban J connectivity index is 1.66. The van der Waals surface area contributed by atoms with Crippen LogP contribution in [0.5, 0.6) is 0 Å². The van der Waals surface area contributed by atoms with Crippen molar-refractivity contribution in [3.63, 3.8) is 0 Å². The van der Waals surface area contributed by atoms with Crippen molar-refractivity contribution in [2.24, 2.45) is 0 Å². The summed E-state index contributed by atoms with van der Waals surface area (Å²) >= 11 is 1.49. The summed E-state index contributed by atoms with van der Waals surface area (Å²) < 4.78 is 0. The van der Waals surface area contributed by atoms with Crippen LogP contribution < -0.4 is 5.32 Å². The zero-order valence-corrected chi connectivity index (χ0v) is 13.5. The standard InChI is InChI=1S/C16H20N4OS/c1-2-13-16(22-11-18-13)19-15(21)14-7-5-9-20(14)10-12-6-3-4-8-17-12/h3-4,6,8,11,14H,2,5,7,9-10H2,1H3,(H,19,21). The minimum Gasteiger partial charge on any atom is -0.315 e. The minimum atomic E-state index is -0.0752. The molecule has 3 rings (SSSR count). The summed E-state index contributed by atoms with van der Waals surface area (Å²) in [5.74, 6) is 0.0763. The van der Waals surface area contributed by atoms with Gasteiger partial charge >= 0.3 is 0 Å². The highest BCUT2D eigenvalue weighted by Crippen LogP contribution is 2.24. The number of likely N-dealkylation sites (tertiary alicyclic amines) is 1. The van der Waals surface area contributed by atoms with Crippen LogP contribution in [0.15, 0.2) is 29.9 Å². The largest absolute Gasteiger partial charge is 0.315 e. The second-order valence-corrected chi connectivity index (χ2v) is 6.28. The van der Waals surface area contributed by atoms with Gasteiger partial charge in [0, 0.05) is 12.7 Å². The average Bonchev–Trinajstić information content (AvgIpc) is 3.17. The van der Waals surface area contributed by atoms with Gasteiger partial charge in [-0.3, -0.25) is 14.7 Å². The van der Waals surface area contributed by atoms with E-state index in [1.54, 1.807) is 11.7 Å². The molecular formula is C16H20N4OS. The van der Waals surface area contributed by atoms with Crippen molar-refractivity contribution in [1.82, 2.24) is 14.9 Å². The molecule has 0 spiro atoms. The van der Waals surface area contributed by atoms with Crippen LogP contribution in [0.1, 0.15) is 31.2 Å². The van der Waals surface area contributed by atoms with Crippen LogP contribution in [-0.4, -0.2) is 33.4 Å². The number of thiazole rings is 1. The summed E-state index contributed by atoms with van der Waals surface area (Å²) in [7, 11) is 0. The fourth-order valence-corrected chi connectivity index (χ4v) is 3.61. The lowest BCUT2D eigenvalue weighted by Crippen LogP contribution is -2.39. The van der Waals surface area contributed by atoms with E-state index in [-0.39, 0.29) is 11.9 Å². The second-order valence-electron chi connectivity index (χ2n) is 5.42. The number of hydrogen-bond acceptors (Lipinski definition) is 5. The Morgan fingerprint density at radius 2 is 2.36 bits per heavy atom. The molecule has 1 amide bonds. The molecule has 0 saturated carbocycles. The maximum Gasteiger partial charge on any atom is 0.242 e. The molecule has 116 valence electrons. The highest BCUT2D eigenvalue weighted by molar-refractivity contribution is 7.14. The Bertz CT molecular complexity index is 628. The number of aromatic nitrogens is 2. The maximum atomic E-state index is 12.6. The molecule has 1 N–H and O–H groups in total. The molecule has 1 aliphatic heterocycles. The van der Waals surface area contributed by atoms with Gasteiger partial charge < -0.3 is 5.32 Å². The van der Waals surface area contributed by atoms with Crippen molar-refractivity contribution in [3.8, 4) is 0 Å². The van der Waals surface area contributed by atoms with E-state index in [1.807, 2.05) is 25.1 Å². The van der Waals surface area contributed by atoms with Gasteiger partial charge in [-0.2, -0.15) is 0 Å². The van der Waals surface area contributed by atoms with Gasteiger partial charge in [0.2, 0.25) is 5.91 Å². The average molecular weight is 316 g/mol. The molecule has 0 aromatic carbocycles. The zero-order chi connectivity index (χ0) is 15.4. The lowest BCUT2D eigenvalue weighted by Gasteiger charge is -2.23. The van der Waals surface area contributed by atoms with E-state index < -0.39 is 0 Å². The monoisotopic (exact) mass is 316 g/mol. The molecule has 1 fully saturated rings. The van der Waals surface area contributed by atoms with E-state index >= 15 is 0 Å². The molecule has 0 aliphatic carbocycles. The number of hydrogen-bond donors (Lipinski definition) is 1. The van der Waals surface area contributed by atoms with Gasteiger partial charge in [0.25, 0.3) is 0 Å². The van der Waals surface area contributed by atoms with Crippen LogP contribution in [-0.2, 0) is 17.8 Å². The molecule has 1 atom stereocenters. The van der Waals surface area contributed by atoms with Gasteiger partial charge in [0.05, 0.1) is 22.9 Å². The number of anilines is 1. The third-order valence-corrected chi connectivity index (χ3v) is 4.75. The molecule has 1 unspecified atom stereocenters. The smallest absolute Gasteiger partial charge is 0.242 e. The topological polar surface area (TPSA) is 58.1 Å². The van der Waals surface area contributed by atoms with E-state index in [2.05, 4.69) is 20.2 Å². The molecule has 5 nitrogen and oxygen atoms in total. The van der Waals surface area contributed by atoms with Crippen LogP contribution in [0.4, 0.5) is 5.00 Å². The predicted octanol–water partition coefficient (Wildman–Crippen LogP) is 2.70. The lowest BCUT2D eigenvalue weighted by atomic mass is 10.2. The number of nitrogens with one attached hydrogen (secondary N) is 1. The van der Waals surface area contributed by atoms with Gasteiger partial charge in [-0.1, -0.05) is 13.0 Å². The highest BCUT2D eigenvalue weighted by atomic mass is 32.1. The first-order valence-electron chi connectivity index (χ1n) is 7.65. The Morgan fingerprint density at radius 3 is 3.14 bits per heavy atom. The van der Waals surface area contributed by atoms with E-state index in [9.17, 15) is 4.79 Å². The molecule has 3 heterocycles. The summed E-state index contributed by atoms with van der Waals surface area (Å²) in [6, 6.07) is 5.83. The molecular weight excluding hydrogens is 296 g/mol. The van der Waals surface area contributed by atoms with E-state index in [1.165, 1.54) is 11.3 Å². The zero-order valence-electron chi connectivity index (χ0n) is 12.7. The maximum absolute atomic E-state index is 12.6. The minimum absolute atomic E-state index is 0.0752. The van der Waals surface area contributed by atoms with Crippen LogP contribution in [0.25, 0.3) is 0 Å². The summed E-state index contributed by atoms with van der Waals surface area (Å²) in [6.45, 7) is 3.72. The predicted molar refractivity (Wildman–Crippen MR) is 87.8 cm³/mol. The normalized spacial score (nSPS) is 18.5. The molecule has 0 bridgehead atoms. The molecule has 1 saturated heterocycles. The first-order chi connectivity index (χ1) is 10.8. The number of carbonyl (C=O) groups excluding carboxylic acids is 1. The number of carbonyl (C=O) groups is 1. The fourth-order valence-electron chi connectivity index (χ4n) is 2.83. The number of aryl methyl sites for hydroxylation is 1. The summed E-state index contributed by atoms with van der Waals surface area (Å²) in [6.07, 6.45) is 4.58. The number of pyridine rings is 1. The molecule has 6 heteroatoms. The van der Waals surface area contributed by atoms with Crippen molar-refractivity contribution in [1.29, 1.82) is 0 Å². The van der Waals surface area contributed by atoms with E-state index in [0.29, 0.717) is 0 Å². The third kappa shape index (κ3) is 3.34. The number of amides is 1. The van der Waals surface area contributed by atoms with Crippen molar-refractivity contribution >= 4 is 22.2 Å². The highest BCUT2D eigenvalue weighted by Gasteiger charge is 2.31. The third-order valence-electron chi connectivity index (χ3n) is 3.97. The Morgan fingerprint density at radius 1 is 1.45 bits per heavy atom. The molecule has 2 aromatic heterocycles. The van der Waals surface area contributed by atoms with Crippen LogP contribution in [0.2, 0.25) is 0 Å². The van der Waals surface area contributed by atoms with Crippen molar-refractivity contribution in [2.45, 2.75) is 38.8 Å². The SMILES string of the molecule is CCc1ncsc1NC(=O)C1CCCN1Cc1ccccn1. The van der Waals surface area contributed by atoms with Crippen LogP contribution in [0, 0.1) is 0 Å². The second kappa shape index (κ2) is 6.98. The van der Waals surface area contributed by atoms with Gasteiger partial charge in [0.1, 0.15) is 5.00 Å². The van der Waals surface area contributed by atoms with Gasteiger partial charge in [0.15, 0.2) is 0 Å². The van der Waals surface area contributed by atoms with Crippen molar-refractivity contribution < 1.29 is 4.79 Å². The first-order valence-corrected chi connectivity index (χ1v) is 8.53. The van der Waals surface area contributed by atoms with E-state index in [4.69, 9.17) is 0 Å². The Kier molecular flexibility index (Phi) is 4.80.